The van der Waals surface area contributed by atoms with Crippen LogP contribution >= 0.6 is 0 Å². The standard InChI is InChI=1S/C54H43N5/c1-55-52(39-20-5-2-6-21-39)57-53(40-22-7-3-8-23-40)56-37-38-19-17-24-41(35-38)42-25-18-28-44(36-42)59-49-33-15-13-30-46(49)45-29-11-12-31-47(45)51-48-32-14-16-34-50(48)58(54(51)59)43-26-9-4-10-27-43/h2-36,52,55H,37H2,1H3,(H,56,57). The number of hydrogen-bond acceptors (Lipinski definition) is 3. The van der Waals surface area contributed by atoms with Crippen LogP contribution in [-0.2, 0) is 6.54 Å². The number of rotatable bonds is 9. The molecule has 1 unspecified atom stereocenters. The smallest absolute Gasteiger partial charge is 0.131 e. The summed E-state index contributed by atoms with van der Waals surface area (Å²) < 4.78 is 2.43. The van der Waals surface area contributed by atoms with E-state index in [9.17, 15) is 0 Å². The Morgan fingerprint density at radius 3 is 1.93 bits per heavy atom. The molecule has 2 heterocycles. The van der Waals surface area contributed by atoms with E-state index in [4.69, 9.17) is 4.99 Å². The zero-order valence-electron chi connectivity index (χ0n) is 32.8. The van der Waals surface area contributed by atoms with Crippen LogP contribution in [-0.4, -0.2) is 17.5 Å². The van der Waals surface area contributed by atoms with Crippen molar-refractivity contribution in [3.05, 3.63) is 229 Å². The van der Waals surface area contributed by atoms with Crippen molar-refractivity contribution in [2.24, 2.45) is 4.99 Å². The molecule has 1 aliphatic heterocycles. The third-order valence-corrected chi connectivity index (χ3v) is 11.2. The first-order valence-electron chi connectivity index (χ1n) is 20.2. The number of benzene rings is 8. The second-order valence-electron chi connectivity index (χ2n) is 14.8. The van der Waals surface area contributed by atoms with Crippen LogP contribution < -0.4 is 15.5 Å². The molecule has 9 aromatic rings. The van der Waals surface area contributed by atoms with E-state index in [-0.39, 0.29) is 6.17 Å². The van der Waals surface area contributed by atoms with Crippen molar-refractivity contribution < 1.29 is 0 Å². The molecule has 5 nitrogen and oxygen atoms in total. The molecule has 10 rings (SSSR count). The van der Waals surface area contributed by atoms with Crippen LogP contribution in [0.25, 0.3) is 50.0 Å². The van der Waals surface area contributed by atoms with Crippen LogP contribution in [0.2, 0.25) is 0 Å². The molecule has 0 radical (unpaired) electrons. The van der Waals surface area contributed by atoms with Gasteiger partial charge in [0.15, 0.2) is 0 Å². The normalized spacial score (nSPS) is 12.6. The molecular formula is C54H43N5. The molecular weight excluding hydrogens is 719 g/mol. The fourth-order valence-corrected chi connectivity index (χ4v) is 8.51. The Morgan fingerprint density at radius 2 is 1.15 bits per heavy atom. The predicted molar refractivity (Wildman–Crippen MR) is 246 cm³/mol. The second kappa shape index (κ2) is 15.8. The zero-order valence-corrected chi connectivity index (χ0v) is 32.8. The first-order valence-corrected chi connectivity index (χ1v) is 20.2. The highest BCUT2D eigenvalue weighted by atomic mass is 15.3. The van der Waals surface area contributed by atoms with Gasteiger partial charge in [0.25, 0.3) is 0 Å². The number of aliphatic imine (C=N–C) groups is 1. The molecule has 5 heteroatoms. The topological polar surface area (TPSA) is 44.6 Å². The van der Waals surface area contributed by atoms with Gasteiger partial charge in [-0.15, -0.1) is 0 Å². The summed E-state index contributed by atoms with van der Waals surface area (Å²) in [5.74, 6) is 1.96. The van der Waals surface area contributed by atoms with Gasteiger partial charge < -0.3 is 5.32 Å². The third-order valence-electron chi connectivity index (χ3n) is 11.2. The summed E-state index contributed by atoms with van der Waals surface area (Å²) >= 11 is 0. The molecule has 0 spiro atoms. The van der Waals surface area contributed by atoms with Crippen molar-refractivity contribution >= 4 is 33.9 Å². The lowest BCUT2D eigenvalue weighted by molar-refractivity contribution is 0.559. The summed E-state index contributed by atoms with van der Waals surface area (Å²) in [6.07, 6.45) is -0.0951. The number of hydrogen-bond donors (Lipinski definition) is 2. The van der Waals surface area contributed by atoms with Crippen LogP contribution in [0.3, 0.4) is 0 Å². The minimum absolute atomic E-state index is 0.0951. The van der Waals surface area contributed by atoms with E-state index in [1.165, 1.54) is 33.2 Å². The van der Waals surface area contributed by atoms with E-state index in [2.05, 4.69) is 220 Å². The van der Waals surface area contributed by atoms with Crippen LogP contribution in [0.1, 0.15) is 22.9 Å². The molecule has 0 saturated heterocycles. The largest absolute Gasteiger partial charge is 0.351 e. The van der Waals surface area contributed by atoms with Crippen molar-refractivity contribution in [1.82, 2.24) is 15.2 Å². The summed E-state index contributed by atoms with van der Waals surface area (Å²) in [7, 11) is 1.97. The monoisotopic (exact) mass is 761 g/mol. The van der Waals surface area contributed by atoms with E-state index in [0.29, 0.717) is 6.54 Å². The minimum Gasteiger partial charge on any atom is -0.351 e. The Hall–Kier alpha value is -7.47. The summed E-state index contributed by atoms with van der Waals surface area (Å²) in [6, 6.07) is 75.8. The molecule has 0 amide bonds. The molecule has 2 N–H and O–H groups in total. The van der Waals surface area contributed by atoms with Gasteiger partial charge in [0.05, 0.1) is 17.7 Å². The maximum atomic E-state index is 5.20. The molecule has 1 aromatic heterocycles. The van der Waals surface area contributed by atoms with Gasteiger partial charge in [-0.2, -0.15) is 0 Å². The highest BCUT2D eigenvalue weighted by molar-refractivity contribution is 6.13. The van der Waals surface area contributed by atoms with Crippen molar-refractivity contribution in [3.8, 4) is 39.1 Å². The zero-order chi connectivity index (χ0) is 39.5. The van der Waals surface area contributed by atoms with Crippen molar-refractivity contribution in [3.63, 3.8) is 0 Å². The molecule has 284 valence electrons. The molecule has 1 atom stereocenters. The lowest BCUT2D eigenvalue weighted by atomic mass is 9.94. The Bertz CT molecular complexity index is 2930. The average molecular weight is 762 g/mol. The van der Waals surface area contributed by atoms with Crippen molar-refractivity contribution in [1.29, 1.82) is 0 Å². The van der Waals surface area contributed by atoms with Gasteiger partial charge in [-0.3, -0.25) is 19.8 Å². The van der Waals surface area contributed by atoms with Gasteiger partial charge in [-0.05, 0) is 82.9 Å². The first-order chi connectivity index (χ1) is 29.2. The van der Waals surface area contributed by atoms with E-state index in [1.807, 2.05) is 19.2 Å². The van der Waals surface area contributed by atoms with E-state index in [1.54, 1.807) is 0 Å². The number of para-hydroxylation sites is 3. The Morgan fingerprint density at radius 1 is 0.542 bits per heavy atom. The maximum absolute atomic E-state index is 5.20. The van der Waals surface area contributed by atoms with Gasteiger partial charge in [0, 0.05) is 33.5 Å². The van der Waals surface area contributed by atoms with E-state index >= 15 is 0 Å². The Kier molecular flexibility index (Phi) is 9.63. The number of anilines is 3. The fraction of sp³-hybridized carbons (Fsp3) is 0.0556. The van der Waals surface area contributed by atoms with E-state index in [0.717, 1.165) is 56.5 Å². The van der Waals surface area contributed by atoms with E-state index < -0.39 is 0 Å². The molecule has 1 aliphatic rings. The van der Waals surface area contributed by atoms with Gasteiger partial charge in [0.1, 0.15) is 17.8 Å². The predicted octanol–water partition coefficient (Wildman–Crippen LogP) is 12.9. The van der Waals surface area contributed by atoms with Crippen molar-refractivity contribution in [2.75, 3.05) is 11.9 Å². The lowest BCUT2D eigenvalue weighted by Crippen LogP contribution is -2.37. The highest BCUT2D eigenvalue weighted by Gasteiger charge is 2.32. The molecule has 8 aromatic carbocycles. The third kappa shape index (κ3) is 6.78. The number of amidine groups is 1. The van der Waals surface area contributed by atoms with Gasteiger partial charge >= 0.3 is 0 Å². The van der Waals surface area contributed by atoms with Crippen molar-refractivity contribution in [2.45, 2.75) is 12.7 Å². The SMILES string of the molecule is CNC(NC(=NCc1cccc(-c2cccc(N3c4ccccc4-c4ccccc4-c4c3n(-c3ccccc3)c3ccccc43)c2)c1)c1ccccc1)c1ccccc1. The summed E-state index contributed by atoms with van der Waals surface area (Å²) in [4.78, 5) is 7.67. The first kappa shape index (κ1) is 35.9. The second-order valence-corrected chi connectivity index (χ2v) is 14.8. The maximum Gasteiger partial charge on any atom is 0.131 e. The number of nitrogens with one attached hydrogen (secondary N) is 2. The number of aromatic nitrogens is 1. The molecule has 0 aliphatic carbocycles. The molecule has 0 bridgehead atoms. The summed E-state index contributed by atoms with van der Waals surface area (Å²) in [5, 5.41) is 8.32. The summed E-state index contributed by atoms with van der Waals surface area (Å²) in [5.41, 5.74) is 15.0. The average Bonchev–Trinajstić information content (AvgIpc) is 3.58. The highest BCUT2D eigenvalue weighted by Crippen LogP contribution is 2.54. The van der Waals surface area contributed by atoms with Gasteiger partial charge in [-0.25, -0.2) is 0 Å². The lowest BCUT2D eigenvalue weighted by Gasteiger charge is -2.28. The van der Waals surface area contributed by atoms with Crippen LogP contribution in [0.5, 0.6) is 0 Å². The quantitative estimate of drug-likeness (QED) is 0.0875. The van der Waals surface area contributed by atoms with Gasteiger partial charge in [0.2, 0.25) is 0 Å². The number of nitrogens with zero attached hydrogens (tertiary/aromatic N) is 3. The Balaban J connectivity index is 1.08. The summed E-state index contributed by atoms with van der Waals surface area (Å²) in [6.45, 7) is 0.522. The number of fused-ring (bicyclic) bond motifs is 7. The molecule has 0 fully saturated rings. The molecule has 59 heavy (non-hydrogen) atoms. The Labute approximate surface area is 345 Å². The van der Waals surface area contributed by atoms with Crippen LogP contribution in [0.15, 0.2) is 217 Å². The van der Waals surface area contributed by atoms with Crippen LogP contribution in [0, 0.1) is 0 Å². The molecule has 0 saturated carbocycles. The van der Waals surface area contributed by atoms with Gasteiger partial charge in [-0.1, -0.05) is 170 Å². The minimum atomic E-state index is -0.0951. The van der Waals surface area contributed by atoms with Crippen LogP contribution in [0.4, 0.5) is 17.2 Å². The fourth-order valence-electron chi connectivity index (χ4n) is 8.51.